The van der Waals surface area contributed by atoms with E-state index in [1.165, 1.54) is 16.7 Å². The molecule has 1 aromatic rings. The molecule has 0 aliphatic carbocycles. The average molecular weight is 404 g/mol. The second kappa shape index (κ2) is 7.94. The largest absolute Gasteiger partial charge is 0.507 e. The fraction of sp³-hybridized carbons (Fsp3) is 0.565. The third kappa shape index (κ3) is 4.62. The Kier molecular flexibility index (Phi) is 6.39. The van der Waals surface area contributed by atoms with E-state index >= 15 is 0 Å². The molecular weight excluding hydrogens is 370 g/mol. The van der Waals surface area contributed by atoms with Crippen molar-refractivity contribution in [2.75, 3.05) is 0 Å². The predicted molar refractivity (Wildman–Crippen MR) is 116 cm³/mol. The summed E-state index contributed by atoms with van der Waals surface area (Å²) in [7, 11) is 0. The number of carbonyl (C=O) groups excluding carboxylic acids is 2. The third-order valence-electron chi connectivity index (χ3n) is 5.12. The van der Waals surface area contributed by atoms with Crippen LogP contribution < -0.4 is 0 Å². The van der Waals surface area contributed by atoms with Crippen LogP contribution in [-0.4, -0.2) is 33.1 Å². The number of amides is 2. The summed E-state index contributed by atoms with van der Waals surface area (Å²) in [5.41, 5.74) is 1.27. The van der Waals surface area contributed by atoms with Gasteiger partial charge in [-0.1, -0.05) is 47.6 Å². The van der Waals surface area contributed by atoms with Crippen molar-refractivity contribution in [3.8, 4) is 5.75 Å². The molecule has 0 radical (unpaired) electrons. The lowest BCUT2D eigenvalue weighted by atomic mass is 9.79. The van der Waals surface area contributed by atoms with E-state index in [-0.39, 0.29) is 28.7 Å². The highest BCUT2D eigenvalue weighted by Gasteiger charge is 2.36. The van der Waals surface area contributed by atoms with Crippen molar-refractivity contribution >= 4 is 23.6 Å². The number of carbonyl (C=O) groups is 2. The monoisotopic (exact) mass is 403 g/mol. The minimum Gasteiger partial charge on any atom is -0.507 e. The molecule has 2 rings (SSSR count). The fourth-order valence-electron chi connectivity index (χ4n) is 3.49. The Balaban J connectivity index is 2.38. The van der Waals surface area contributed by atoms with E-state index in [4.69, 9.17) is 0 Å². The van der Waals surface area contributed by atoms with Crippen LogP contribution in [0.5, 0.6) is 5.75 Å². The molecule has 1 N–H and O–H groups in total. The number of thioether (sulfide) groups is 1. The Morgan fingerprint density at radius 2 is 1.71 bits per heavy atom. The molecule has 1 fully saturated rings. The summed E-state index contributed by atoms with van der Waals surface area (Å²) >= 11 is 1.43. The molecule has 2 atom stereocenters. The maximum atomic E-state index is 12.9. The van der Waals surface area contributed by atoms with Crippen LogP contribution >= 0.6 is 11.8 Å². The van der Waals surface area contributed by atoms with Gasteiger partial charge in [0, 0.05) is 22.4 Å². The molecule has 4 nitrogen and oxygen atoms in total. The molecular formula is C23H33NO3S. The summed E-state index contributed by atoms with van der Waals surface area (Å²) in [6, 6.07) is 3.73. The lowest BCUT2D eigenvalue weighted by Gasteiger charge is -2.29. The zero-order chi connectivity index (χ0) is 21.4. The quantitative estimate of drug-likeness (QED) is 0.556. The van der Waals surface area contributed by atoms with E-state index in [0.29, 0.717) is 18.6 Å². The van der Waals surface area contributed by atoms with Gasteiger partial charge in [0.25, 0.3) is 0 Å². The van der Waals surface area contributed by atoms with Gasteiger partial charge in [-0.3, -0.25) is 14.5 Å². The Morgan fingerprint density at radius 3 is 2.14 bits per heavy atom. The molecule has 0 unspecified atom stereocenters. The fourth-order valence-corrected chi connectivity index (χ4v) is 4.48. The molecule has 2 amide bonds. The number of nitrogens with zero attached hydrogens (tertiary/aromatic N) is 1. The van der Waals surface area contributed by atoms with Crippen molar-refractivity contribution in [3.63, 3.8) is 0 Å². The van der Waals surface area contributed by atoms with Gasteiger partial charge in [0.15, 0.2) is 0 Å². The number of likely N-dealkylation sites (tertiary alicyclic amines) is 1. The highest BCUT2D eigenvalue weighted by atomic mass is 32.2. The zero-order valence-corrected chi connectivity index (χ0v) is 18.9. The summed E-state index contributed by atoms with van der Waals surface area (Å²) in [5.74, 6) is 0.0173. The Labute approximate surface area is 173 Å². The summed E-state index contributed by atoms with van der Waals surface area (Å²) < 4.78 is 0. The van der Waals surface area contributed by atoms with Crippen LogP contribution in [0.3, 0.4) is 0 Å². The topological polar surface area (TPSA) is 57.6 Å². The van der Waals surface area contributed by atoms with E-state index in [1.807, 2.05) is 19.1 Å². The smallest absolute Gasteiger partial charge is 0.242 e. The van der Waals surface area contributed by atoms with Gasteiger partial charge in [-0.2, -0.15) is 0 Å². The summed E-state index contributed by atoms with van der Waals surface area (Å²) in [6.45, 7) is 18.0. The molecule has 0 aromatic heterocycles. The molecule has 1 heterocycles. The number of benzene rings is 1. The first-order valence-corrected chi connectivity index (χ1v) is 10.7. The molecule has 154 valence electrons. The van der Waals surface area contributed by atoms with Gasteiger partial charge in [-0.05, 0) is 36.3 Å². The van der Waals surface area contributed by atoms with Crippen molar-refractivity contribution in [2.45, 2.75) is 88.3 Å². The van der Waals surface area contributed by atoms with Crippen molar-refractivity contribution in [2.24, 2.45) is 0 Å². The van der Waals surface area contributed by atoms with Crippen molar-refractivity contribution < 1.29 is 14.7 Å². The van der Waals surface area contributed by atoms with E-state index < -0.39 is 5.25 Å². The maximum absolute atomic E-state index is 12.9. The zero-order valence-electron chi connectivity index (χ0n) is 18.1. The van der Waals surface area contributed by atoms with E-state index in [1.54, 1.807) is 6.08 Å². The highest BCUT2D eigenvalue weighted by Crippen LogP contribution is 2.42. The molecule has 0 bridgehead atoms. The number of aromatic hydroxyl groups is 1. The lowest BCUT2D eigenvalue weighted by molar-refractivity contribution is -0.142. The molecule has 1 aliphatic rings. The molecule has 5 heteroatoms. The van der Waals surface area contributed by atoms with Crippen LogP contribution in [0.25, 0.3) is 0 Å². The van der Waals surface area contributed by atoms with Crippen LogP contribution in [0.15, 0.2) is 29.7 Å². The van der Waals surface area contributed by atoms with E-state index in [0.717, 1.165) is 16.0 Å². The summed E-state index contributed by atoms with van der Waals surface area (Å²) in [5, 5.41) is 10.5. The second-order valence-corrected chi connectivity index (χ2v) is 11.0. The molecule has 28 heavy (non-hydrogen) atoms. The minimum absolute atomic E-state index is 0.126. The Bertz CT molecular complexity index is 751. The third-order valence-corrected chi connectivity index (χ3v) is 6.19. The van der Waals surface area contributed by atoms with Gasteiger partial charge in [0.1, 0.15) is 5.75 Å². The van der Waals surface area contributed by atoms with Crippen LogP contribution in [0.1, 0.15) is 72.4 Å². The number of imide groups is 1. The van der Waals surface area contributed by atoms with Gasteiger partial charge < -0.3 is 5.11 Å². The van der Waals surface area contributed by atoms with Crippen LogP contribution in [0.2, 0.25) is 0 Å². The van der Waals surface area contributed by atoms with Crippen molar-refractivity contribution in [3.05, 3.63) is 35.9 Å². The first-order valence-electron chi connectivity index (χ1n) is 9.80. The van der Waals surface area contributed by atoms with Crippen molar-refractivity contribution in [1.82, 2.24) is 4.90 Å². The number of phenolic OH excluding ortho intramolecular Hbond substituents is 1. The number of hydrogen-bond donors (Lipinski definition) is 1. The first kappa shape index (κ1) is 22.5. The molecule has 0 spiro atoms. The van der Waals surface area contributed by atoms with Crippen LogP contribution in [0, 0.1) is 0 Å². The van der Waals surface area contributed by atoms with Gasteiger partial charge in [0.2, 0.25) is 11.8 Å². The van der Waals surface area contributed by atoms with Crippen LogP contribution in [-0.2, 0) is 20.4 Å². The molecule has 1 aliphatic heterocycles. The minimum atomic E-state index is -0.408. The molecule has 0 saturated carbocycles. The second-order valence-electron chi connectivity index (χ2n) is 9.57. The highest BCUT2D eigenvalue weighted by molar-refractivity contribution is 8.00. The SMILES string of the molecule is C=C[C@@H]1CCC(=O)N1C(=O)[C@@H](C)Sc1cc(C(C)(C)C)c(O)c(C(C)(C)C)c1. The van der Waals surface area contributed by atoms with Gasteiger partial charge >= 0.3 is 0 Å². The van der Waals surface area contributed by atoms with E-state index in [9.17, 15) is 14.7 Å². The predicted octanol–water partition coefficient (Wildman–Crippen LogP) is 5.17. The van der Waals surface area contributed by atoms with Crippen LogP contribution in [0.4, 0.5) is 0 Å². The summed E-state index contributed by atoms with van der Waals surface area (Å²) in [4.78, 5) is 27.4. The average Bonchev–Trinajstić information content (AvgIpc) is 2.94. The standard InChI is InChI=1S/C23H33NO3S/c1-9-15-10-11-19(25)24(15)21(27)14(2)28-16-12-17(22(3,4)5)20(26)18(13-16)23(6,7)8/h9,12-15,26H,1,10-11H2,2-8H3/t14-,15-/m1/s1. The molecule has 1 aromatic carbocycles. The lowest BCUT2D eigenvalue weighted by Crippen LogP contribution is -2.41. The maximum Gasteiger partial charge on any atom is 0.242 e. The summed E-state index contributed by atoms with van der Waals surface area (Å²) in [6.07, 6.45) is 2.71. The van der Waals surface area contributed by atoms with E-state index in [2.05, 4.69) is 48.1 Å². The first-order chi connectivity index (χ1) is 12.8. The van der Waals surface area contributed by atoms with Gasteiger partial charge in [-0.25, -0.2) is 0 Å². The van der Waals surface area contributed by atoms with Crippen molar-refractivity contribution in [1.29, 1.82) is 0 Å². The Hall–Kier alpha value is -1.75. The van der Waals surface area contributed by atoms with Gasteiger partial charge in [-0.15, -0.1) is 18.3 Å². The normalized spacial score (nSPS) is 19.0. The number of hydrogen-bond acceptors (Lipinski definition) is 4. The Morgan fingerprint density at radius 1 is 1.21 bits per heavy atom. The number of rotatable bonds is 4. The number of phenols is 1. The molecule has 1 saturated heterocycles. The van der Waals surface area contributed by atoms with Gasteiger partial charge in [0.05, 0.1) is 11.3 Å².